The Balaban J connectivity index is 1.42. The second kappa shape index (κ2) is 13.3. The molecule has 0 saturated carbocycles. The van der Waals surface area contributed by atoms with Crippen molar-refractivity contribution < 1.29 is 23.9 Å². The first-order valence-corrected chi connectivity index (χ1v) is 14.7. The first kappa shape index (κ1) is 30.1. The average Bonchev–Trinajstić information content (AvgIpc) is 3.00. The number of likely N-dealkylation sites (N-methyl/N-ethyl adjacent to an activating group) is 1. The monoisotopic (exact) mass is 602 g/mol. The number of carbonyl (C=O) groups is 3. The molecular weight excluding hydrogens is 568 g/mol. The number of hydrogen-bond acceptors (Lipinski definition) is 6. The Morgan fingerprint density at radius 1 is 0.977 bits per heavy atom. The van der Waals surface area contributed by atoms with E-state index in [9.17, 15) is 14.4 Å². The summed E-state index contributed by atoms with van der Waals surface area (Å²) >= 11 is 6.30. The maximum absolute atomic E-state index is 13.5. The number of nitrogens with zero attached hydrogens (tertiary/aromatic N) is 3. The van der Waals surface area contributed by atoms with Crippen molar-refractivity contribution in [3.05, 3.63) is 106 Å². The van der Waals surface area contributed by atoms with E-state index >= 15 is 0 Å². The van der Waals surface area contributed by atoms with Gasteiger partial charge in [0.25, 0.3) is 5.91 Å². The van der Waals surface area contributed by atoms with E-state index in [0.717, 1.165) is 0 Å². The van der Waals surface area contributed by atoms with Crippen LogP contribution in [0.1, 0.15) is 35.8 Å². The summed E-state index contributed by atoms with van der Waals surface area (Å²) in [4.78, 5) is 45.4. The number of amides is 3. The van der Waals surface area contributed by atoms with Crippen molar-refractivity contribution in [3.8, 4) is 11.5 Å². The third kappa shape index (κ3) is 6.68. The lowest BCUT2D eigenvalue weighted by atomic mass is 9.94. The second-order valence-corrected chi connectivity index (χ2v) is 11.0. The number of urea groups is 1. The molecule has 0 radical (unpaired) electrons. The summed E-state index contributed by atoms with van der Waals surface area (Å²) in [5.41, 5.74) is 2.09. The highest BCUT2D eigenvalue weighted by atomic mass is 35.5. The van der Waals surface area contributed by atoms with Gasteiger partial charge < -0.3 is 19.7 Å². The van der Waals surface area contributed by atoms with Crippen molar-refractivity contribution in [1.82, 2.24) is 20.0 Å². The van der Waals surface area contributed by atoms with E-state index in [1.807, 2.05) is 66.4 Å². The number of hydrogen-bond donors (Lipinski definition) is 1. The van der Waals surface area contributed by atoms with Crippen LogP contribution in [-0.2, 0) is 9.53 Å². The Hall–Kier alpha value is -4.34. The number of carbonyl (C=O) groups excluding carboxylic acids is 3. The normalized spacial score (nSPS) is 19.2. The SMILES string of the molecule is CCOC(=O)C1=C(CN2CCN(C(=O)c3ccccc3Cl)[C@@H](C)C2)N(C)C(=O)N[C@H]1c1cccc(Oc2ccccc2)c1. The van der Waals surface area contributed by atoms with Crippen LogP contribution < -0.4 is 10.1 Å². The van der Waals surface area contributed by atoms with E-state index in [1.54, 1.807) is 38.2 Å². The summed E-state index contributed by atoms with van der Waals surface area (Å²) in [5, 5.41) is 3.39. The number of piperazine rings is 1. The van der Waals surface area contributed by atoms with Crippen molar-refractivity contribution in [1.29, 1.82) is 0 Å². The summed E-state index contributed by atoms with van der Waals surface area (Å²) in [7, 11) is 1.65. The maximum atomic E-state index is 13.5. The van der Waals surface area contributed by atoms with Gasteiger partial charge >= 0.3 is 12.0 Å². The molecule has 2 heterocycles. The van der Waals surface area contributed by atoms with Gasteiger partial charge in [-0.2, -0.15) is 0 Å². The van der Waals surface area contributed by atoms with E-state index in [1.165, 1.54) is 4.90 Å². The molecule has 3 amide bonds. The number of nitrogens with one attached hydrogen (secondary N) is 1. The van der Waals surface area contributed by atoms with Gasteiger partial charge in [0.2, 0.25) is 0 Å². The van der Waals surface area contributed by atoms with Gasteiger partial charge in [-0.25, -0.2) is 9.59 Å². The Morgan fingerprint density at radius 3 is 2.42 bits per heavy atom. The summed E-state index contributed by atoms with van der Waals surface area (Å²) in [6.45, 7) is 5.84. The fourth-order valence-electron chi connectivity index (χ4n) is 5.51. The molecule has 0 spiro atoms. The summed E-state index contributed by atoms with van der Waals surface area (Å²) in [6.07, 6.45) is 0. The Bertz CT molecular complexity index is 1530. The van der Waals surface area contributed by atoms with Crippen LogP contribution in [0.25, 0.3) is 0 Å². The third-order valence-corrected chi connectivity index (χ3v) is 8.02. The number of rotatable bonds is 8. The number of halogens is 1. The van der Waals surface area contributed by atoms with Gasteiger partial charge in [0.15, 0.2) is 0 Å². The van der Waals surface area contributed by atoms with Crippen LogP contribution in [0, 0.1) is 0 Å². The molecule has 2 aliphatic rings. The minimum atomic E-state index is -0.738. The van der Waals surface area contributed by atoms with E-state index in [-0.39, 0.29) is 24.6 Å². The Kier molecular flexibility index (Phi) is 9.33. The van der Waals surface area contributed by atoms with Crippen molar-refractivity contribution in [2.45, 2.75) is 25.9 Å². The van der Waals surface area contributed by atoms with Gasteiger partial charge in [-0.15, -0.1) is 0 Å². The molecule has 10 heteroatoms. The van der Waals surface area contributed by atoms with Crippen molar-refractivity contribution in [2.75, 3.05) is 39.8 Å². The van der Waals surface area contributed by atoms with Crippen LogP contribution in [0.15, 0.2) is 90.1 Å². The summed E-state index contributed by atoms with van der Waals surface area (Å²) in [6, 6.07) is 22.6. The average molecular weight is 603 g/mol. The highest BCUT2D eigenvalue weighted by molar-refractivity contribution is 6.33. The minimum absolute atomic E-state index is 0.115. The fourth-order valence-corrected chi connectivity index (χ4v) is 5.73. The van der Waals surface area contributed by atoms with E-state index < -0.39 is 12.0 Å². The Morgan fingerprint density at radius 2 is 1.70 bits per heavy atom. The van der Waals surface area contributed by atoms with Gasteiger partial charge in [0.1, 0.15) is 11.5 Å². The quantitative estimate of drug-likeness (QED) is 0.343. The molecule has 3 aromatic carbocycles. The number of esters is 1. The van der Waals surface area contributed by atoms with Gasteiger partial charge in [0.05, 0.1) is 28.8 Å². The highest BCUT2D eigenvalue weighted by Gasteiger charge is 2.38. The smallest absolute Gasteiger partial charge is 0.338 e. The van der Waals surface area contributed by atoms with Crippen LogP contribution >= 0.6 is 11.6 Å². The first-order chi connectivity index (χ1) is 20.8. The first-order valence-electron chi connectivity index (χ1n) is 14.3. The zero-order chi connectivity index (χ0) is 30.5. The molecule has 9 nitrogen and oxygen atoms in total. The number of para-hydroxylation sites is 1. The predicted octanol–water partition coefficient (Wildman–Crippen LogP) is 5.49. The van der Waals surface area contributed by atoms with Crippen LogP contribution in [0.5, 0.6) is 11.5 Å². The Labute approximate surface area is 256 Å². The molecule has 1 fully saturated rings. The van der Waals surface area contributed by atoms with E-state index in [4.69, 9.17) is 21.1 Å². The molecule has 2 atom stereocenters. The lowest BCUT2D eigenvalue weighted by molar-refractivity contribution is -0.139. The van der Waals surface area contributed by atoms with Crippen molar-refractivity contribution in [3.63, 3.8) is 0 Å². The van der Waals surface area contributed by atoms with Gasteiger partial charge in [-0.1, -0.05) is 54.1 Å². The molecule has 224 valence electrons. The molecule has 0 bridgehead atoms. The molecule has 43 heavy (non-hydrogen) atoms. The van der Waals surface area contributed by atoms with Crippen LogP contribution in [0.4, 0.5) is 4.79 Å². The summed E-state index contributed by atoms with van der Waals surface area (Å²) < 4.78 is 11.5. The lowest BCUT2D eigenvalue weighted by Crippen LogP contribution is -2.56. The number of ether oxygens (including phenoxy) is 2. The zero-order valence-corrected chi connectivity index (χ0v) is 25.2. The largest absolute Gasteiger partial charge is 0.463 e. The fraction of sp³-hybridized carbons (Fsp3) is 0.303. The lowest BCUT2D eigenvalue weighted by Gasteiger charge is -2.42. The van der Waals surface area contributed by atoms with E-state index in [2.05, 4.69) is 10.2 Å². The van der Waals surface area contributed by atoms with Crippen molar-refractivity contribution in [2.24, 2.45) is 0 Å². The minimum Gasteiger partial charge on any atom is -0.463 e. The van der Waals surface area contributed by atoms with Crippen molar-refractivity contribution >= 4 is 29.5 Å². The standard InChI is InChI=1S/C33H35ClN4O5/c1-4-42-32(40)29-28(21-37-17-18-38(22(2)20-37)31(39)26-15-8-9-16-27(26)34)36(3)33(41)35-30(29)23-11-10-14-25(19-23)43-24-12-6-5-7-13-24/h5-16,19,22,30H,4,17-18,20-21H2,1-3H3,(H,35,41)/t22-,30-/m0/s1. The molecule has 5 rings (SSSR count). The zero-order valence-electron chi connectivity index (χ0n) is 24.5. The van der Waals surface area contributed by atoms with Crippen LogP contribution in [-0.4, -0.2) is 78.5 Å². The molecule has 0 aromatic heterocycles. The maximum Gasteiger partial charge on any atom is 0.338 e. The molecule has 0 aliphatic carbocycles. The van der Waals surface area contributed by atoms with E-state index in [0.29, 0.717) is 65.1 Å². The predicted molar refractivity (Wildman–Crippen MR) is 164 cm³/mol. The summed E-state index contributed by atoms with van der Waals surface area (Å²) in [5.74, 6) is 0.644. The topological polar surface area (TPSA) is 91.4 Å². The van der Waals surface area contributed by atoms with Crippen LogP contribution in [0.3, 0.4) is 0 Å². The third-order valence-electron chi connectivity index (χ3n) is 7.69. The van der Waals surface area contributed by atoms with Gasteiger partial charge in [-0.05, 0) is 55.8 Å². The highest BCUT2D eigenvalue weighted by Crippen LogP contribution is 2.34. The van der Waals surface area contributed by atoms with Gasteiger partial charge in [-0.3, -0.25) is 14.6 Å². The molecule has 3 aromatic rings. The molecule has 1 N–H and O–H groups in total. The number of benzene rings is 3. The molecule has 0 unspecified atom stereocenters. The second-order valence-electron chi connectivity index (χ2n) is 10.6. The molecule has 2 aliphatic heterocycles. The van der Waals surface area contributed by atoms with Crippen LogP contribution in [0.2, 0.25) is 5.02 Å². The van der Waals surface area contributed by atoms with Gasteiger partial charge in [0, 0.05) is 45.0 Å². The molecule has 1 saturated heterocycles. The molecular formula is C33H35ClN4O5.